The summed E-state index contributed by atoms with van der Waals surface area (Å²) < 4.78 is 18.3. The fourth-order valence-corrected chi connectivity index (χ4v) is 1.46. The minimum atomic E-state index is -0.476. The largest absolute Gasteiger partial charge is 0.489 e. The van der Waals surface area contributed by atoms with Gasteiger partial charge in [0.25, 0.3) is 5.69 Å². The molecule has 0 spiro atoms. The van der Waals surface area contributed by atoms with Crippen molar-refractivity contribution < 1.29 is 14.1 Å². The van der Waals surface area contributed by atoms with Crippen molar-refractivity contribution in [1.29, 1.82) is 0 Å². The van der Waals surface area contributed by atoms with E-state index in [4.69, 9.17) is 4.74 Å². The molecule has 2 rings (SSSR count). The lowest BCUT2D eigenvalue weighted by molar-refractivity contribution is -0.384. The average Bonchev–Trinajstić information content (AvgIpc) is 2.37. The van der Waals surface area contributed by atoms with Crippen LogP contribution in [-0.4, -0.2) is 4.92 Å². The highest BCUT2D eigenvalue weighted by Gasteiger charge is 2.04. The summed E-state index contributed by atoms with van der Waals surface area (Å²) >= 11 is 0. The predicted molar refractivity (Wildman–Crippen MR) is 63.8 cm³/mol. The molecule has 0 aliphatic heterocycles. The molecule has 0 heterocycles. The van der Waals surface area contributed by atoms with Gasteiger partial charge in [0.1, 0.15) is 18.2 Å². The number of non-ortho nitro benzene ring substituents is 1. The summed E-state index contributed by atoms with van der Waals surface area (Å²) in [6.45, 7) is 0.218. The molecule has 0 N–H and O–H groups in total. The average molecular weight is 247 g/mol. The number of hydrogen-bond acceptors (Lipinski definition) is 3. The molecule has 0 saturated carbocycles. The minimum absolute atomic E-state index is 0.00751. The van der Waals surface area contributed by atoms with Crippen LogP contribution in [0.25, 0.3) is 0 Å². The van der Waals surface area contributed by atoms with Gasteiger partial charge in [0.05, 0.1) is 4.92 Å². The van der Waals surface area contributed by atoms with Crippen LogP contribution < -0.4 is 4.74 Å². The monoisotopic (exact) mass is 247 g/mol. The fourth-order valence-electron chi connectivity index (χ4n) is 1.46. The van der Waals surface area contributed by atoms with Crippen LogP contribution >= 0.6 is 0 Å². The van der Waals surface area contributed by atoms with Crippen molar-refractivity contribution in [2.24, 2.45) is 0 Å². The molecule has 0 atom stereocenters. The summed E-state index contributed by atoms with van der Waals surface area (Å²) in [6, 6.07) is 11.8. The van der Waals surface area contributed by atoms with Gasteiger partial charge in [0, 0.05) is 12.1 Å². The van der Waals surface area contributed by atoms with Crippen molar-refractivity contribution in [3.8, 4) is 5.75 Å². The molecular weight excluding hydrogens is 237 g/mol. The van der Waals surface area contributed by atoms with Crippen molar-refractivity contribution in [3.05, 3.63) is 70.0 Å². The second-order valence-electron chi connectivity index (χ2n) is 3.67. The van der Waals surface area contributed by atoms with Gasteiger partial charge >= 0.3 is 0 Å². The number of hydrogen-bond donors (Lipinski definition) is 0. The minimum Gasteiger partial charge on any atom is -0.489 e. The summed E-state index contributed by atoms with van der Waals surface area (Å²) in [5.74, 6) is 0.185. The zero-order chi connectivity index (χ0) is 13.0. The van der Waals surface area contributed by atoms with E-state index < -0.39 is 4.92 Å². The Kier molecular flexibility index (Phi) is 3.52. The van der Waals surface area contributed by atoms with Gasteiger partial charge in [-0.15, -0.1) is 0 Å². The van der Waals surface area contributed by atoms with Crippen LogP contribution in [0.3, 0.4) is 0 Å². The van der Waals surface area contributed by atoms with Crippen molar-refractivity contribution in [2.75, 3.05) is 0 Å². The van der Waals surface area contributed by atoms with E-state index in [2.05, 4.69) is 0 Å². The topological polar surface area (TPSA) is 52.4 Å². The molecule has 0 saturated heterocycles. The fraction of sp³-hybridized carbons (Fsp3) is 0.0769. The lowest BCUT2D eigenvalue weighted by Gasteiger charge is -2.05. The zero-order valence-electron chi connectivity index (χ0n) is 9.38. The molecule has 2 aromatic carbocycles. The van der Waals surface area contributed by atoms with Crippen LogP contribution in [0.2, 0.25) is 0 Å². The SMILES string of the molecule is O=[N+]([O-])c1ccc(OCc2cccc(F)c2)cc1. The number of rotatable bonds is 4. The Morgan fingerprint density at radius 2 is 1.89 bits per heavy atom. The lowest BCUT2D eigenvalue weighted by Crippen LogP contribution is -1.96. The van der Waals surface area contributed by atoms with Crippen molar-refractivity contribution in [3.63, 3.8) is 0 Å². The van der Waals surface area contributed by atoms with Crippen LogP contribution in [0.5, 0.6) is 5.75 Å². The van der Waals surface area contributed by atoms with Gasteiger partial charge < -0.3 is 4.74 Å². The second-order valence-corrected chi connectivity index (χ2v) is 3.67. The van der Waals surface area contributed by atoms with Crippen molar-refractivity contribution in [2.45, 2.75) is 6.61 Å². The predicted octanol–water partition coefficient (Wildman–Crippen LogP) is 3.31. The molecule has 0 fully saturated rings. The highest BCUT2D eigenvalue weighted by molar-refractivity contribution is 5.36. The number of nitro benzene ring substituents is 1. The van der Waals surface area contributed by atoms with Gasteiger partial charge in [-0.3, -0.25) is 10.1 Å². The van der Waals surface area contributed by atoms with Crippen LogP contribution in [-0.2, 0) is 6.61 Å². The number of nitro groups is 1. The van der Waals surface area contributed by atoms with Gasteiger partial charge in [0.15, 0.2) is 0 Å². The molecule has 18 heavy (non-hydrogen) atoms. The molecule has 92 valence electrons. The zero-order valence-corrected chi connectivity index (χ0v) is 9.38. The summed E-state index contributed by atoms with van der Waals surface area (Å²) in [5, 5.41) is 10.5. The first-order valence-electron chi connectivity index (χ1n) is 5.27. The smallest absolute Gasteiger partial charge is 0.269 e. The maximum atomic E-state index is 12.9. The lowest BCUT2D eigenvalue weighted by atomic mass is 10.2. The van der Waals surface area contributed by atoms with Crippen LogP contribution in [0.1, 0.15) is 5.56 Å². The highest BCUT2D eigenvalue weighted by Crippen LogP contribution is 2.18. The van der Waals surface area contributed by atoms with Crippen molar-refractivity contribution in [1.82, 2.24) is 0 Å². The second kappa shape index (κ2) is 5.27. The van der Waals surface area contributed by atoms with Crippen LogP contribution in [0.15, 0.2) is 48.5 Å². The van der Waals surface area contributed by atoms with E-state index in [1.165, 1.54) is 36.4 Å². The quantitative estimate of drug-likeness (QED) is 0.615. The molecule has 0 aromatic heterocycles. The molecule has 5 heteroatoms. The van der Waals surface area contributed by atoms with E-state index in [-0.39, 0.29) is 18.1 Å². The Hall–Kier alpha value is -2.43. The molecule has 4 nitrogen and oxygen atoms in total. The molecule has 0 aliphatic carbocycles. The number of nitrogens with zero attached hydrogens (tertiary/aromatic N) is 1. The number of ether oxygens (including phenoxy) is 1. The maximum Gasteiger partial charge on any atom is 0.269 e. The normalized spacial score (nSPS) is 10.1. The standard InChI is InChI=1S/C13H10FNO3/c14-11-3-1-2-10(8-11)9-18-13-6-4-12(5-7-13)15(16)17/h1-8H,9H2. The van der Waals surface area contributed by atoms with Gasteiger partial charge in [0.2, 0.25) is 0 Å². The van der Waals surface area contributed by atoms with E-state index in [0.29, 0.717) is 11.3 Å². The molecule has 0 radical (unpaired) electrons. The summed E-state index contributed by atoms with van der Waals surface area (Å²) in [7, 11) is 0. The van der Waals surface area contributed by atoms with Gasteiger partial charge in [-0.2, -0.15) is 0 Å². The van der Waals surface area contributed by atoms with Gasteiger partial charge in [-0.05, 0) is 29.8 Å². The number of benzene rings is 2. The Bertz CT molecular complexity index is 554. The van der Waals surface area contributed by atoms with Crippen LogP contribution in [0, 0.1) is 15.9 Å². The molecule has 0 unspecified atom stereocenters. The Labute approximate surface area is 103 Å². The molecule has 0 bridgehead atoms. The van der Waals surface area contributed by atoms with Crippen LogP contribution in [0.4, 0.5) is 10.1 Å². The first-order valence-corrected chi connectivity index (χ1v) is 5.27. The van der Waals surface area contributed by atoms with E-state index in [0.717, 1.165) is 0 Å². The van der Waals surface area contributed by atoms with Crippen molar-refractivity contribution >= 4 is 5.69 Å². The first-order chi connectivity index (χ1) is 8.65. The number of halogens is 1. The molecular formula is C13H10FNO3. The molecule has 0 aliphatic rings. The third-order valence-corrected chi connectivity index (χ3v) is 2.34. The maximum absolute atomic E-state index is 12.9. The van der Waals surface area contributed by atoms with E-state index in [1.807, 2.05) is 0 Å². The molecule has 0 amide bonds. The third kappa shape index (κ3) is 3.04. The van der Waals surface area contributed by atoms with E-state index in [1.54, 1.807) is 12.1 Å². The van der Waals surface area contributed by atoms with Gasteiger partial charge in [-0.25, -0.2) is 4.39 Å². The Balaban J connectivity index is 2.00. The van der Waals surface area contributed by atoms with E-state index in [9.17, 15) is 14.5 Å². The Morgan fingerprint density at radius 3 is 2.50 bits per heavy atom. The first kappa shape index (κ1) is 12.0. The summed E-state index contributed by atoms with van der Waals surface area (Å²) in [5.41, 5.74) is 0.710. The van der Waals surface area contributed by atoms with E-state index >= 15 is 0 Å². The molecule has 2 aromatic rings. The van der Waals surface area contributed by atoms with Gasteiger partial charge in [-0.1, -0.05) is 12.1 Å². The third-order valence-electron chi connectivity index (χ3n) is 2.34. The Morgan fingerprint density at radius 1 is 1.17 bits per heavy atom. The highest BCUT2D eigenvalue weighted by atomic mass is 19.1. The summed E-state index contributed by atoms with van der Waals surface area (Å²) in [6.07, 6.45) is 0. The summed E-state index contributed by atoms with van der Waals surface area (Å²) in [4.78, 5) is 9.98.